The number of aromatic nitrogens is 1. The first-order chi connectivity index (χ1) is 7.83. The smallest absolute Gasteiger partial charge is 0.0544 e. The Labute approximate surface area is 98.8 Å². The van der Waals surface area contributed by atoms with Gasteiger partial charge in [0.2, 0.25) is 0 Å². The van der Waals surface area contributed by atoms with Gasteiger partial charge in [-0.15, -0.1) is 6.58 Å². The highest BCUT2D eigenvalue weighted by atomic mass is 14.9. The van der Waals surface area contributed by atoms with E-state index in [0.29, 0.717) is 0 Å². The van der Waals surface area contributed by atoms with Gasteiger partial charge in [0, 0.05) is 12.2 Å². The Morgan fingerprint density at radius 1 is 1.31 bits per heavy atom. The molecule has 1 rings (SSSR count). The van der Waals surface area contributed by atoms with E-state index in [1.54, 1.807) is 0 Å². The number of allylic oxidation sites excluding steroid dienone is 1. The third-order valence-corrected chi connectivity index (χ3v) is 2.51. The molecule has 2 heteroatoms. The minimum absolute atomic E-state index is 0.878. The number of hydrogen-bond donors (Lipinski definition) is 1. The van der Waals surface area contributed by atoms with Crippen molar-refractivity contribution in [2.75, 3.05) is 6.54 Å². The number of aryl methyl sites for hydroxylation is 1. The minimum atomic E-state index is 0.878. The third kappa shape index (κ3) is 5.66. The molecule has 1 aromatic heterocycles. The molecule has 1 N–H and O–H groups in total. The molecule has 0 aliphatic heterocycles. The number of rotatable bonds is 8. The van der Waals surface area contributed by atoms with Crippen LogP contribution < -0.4 is 5.32 Å². The fourth-order valence-corrected chi connectivity index (χ4v) is 1.63. The fraction of sp³-hybridized carbons (Fsp3) is 0.500. The Kier molecular flexibility index (Phi) is 6.50. The van der Waals surface area contributed by atoms with Crippen LogP contribution in [0.15, 0.2) is 30.9 Å². The van der Waals surface area contributed by atoms with Crippen molar-refractivity contribution >= 4 is 0 Å². The first-order valence-electron chi connectivity index (χ1n) is 6.07. The molecule has 0 fully saturated rings. The third-order valence-electron chi connectivity index (χ3n) is 2.51. The summed E-state index contributed by atoms with van der Waals surface area (Å²) in [5.41, 5.74) is 2.22. The Hall–Kier alpha value is -1.15. The summed E-state index contributed by atoms with van der Waals surface area (Å²) in [6.07, 6.45) is 6.90. The van der Waals surface area contributed by atoms with E-state index < -0.39 is 0 Å². The quantitative estimate of drug-likeness (QED) is 0.535. The van der Waals surface area contributed by atoms with Crippen LogP contribution in [0, 0.1) is 6.92 Å². The molecule has 0 unspecified atom stereocenters. The summed E-state index contributed by atoms with van der Waals surface area (Å²) in [6.45, 7) is 7.70. The molecular formula is C14H22N2. The lowest BCUT2D eigenvalue weighted by atomic mass is 10.2. The van der Waals surface area contributed by atoms with Crippen molar-refractivity contribution in [3.8, 4) is 0 Å². The van der Waals surface area contributed by atoms with E-state index in [9.17, 15) is 0 Å². The molecule has 0 aliphatic carbocycles. The highest BCUT2D eigenvalue weighted by Gasteiger charge is 1.94. The van der Waals surface area contributed by atoms with E-state index in [4.69, 9.17) is 0 Å². The molecule has 0 bridgehead atoms. The number of pyridine rings is 1. The van der Waals surface area contributed by atoms with Crippen LogP contribution in [-0.4, -0.2) is 11.5 Å². The van der Waals surface area contributed by atoms with Crippen LogP contribution in [0.3, 0.4) is 0 Å². The van der Waals surface area contributed by atoms with Gasteiger partial charge in [0.15, 0.2) is 0 Å². The van der Waals surface area contributed by atoms with Crippen molar-refractivity contribution in [2.24, 2.45) is 0 Å². The molecule has 0 amide bonds. The number of nitrogens with one attached hydrogen (secondary N) is 1. The van der Waals surface area contributed by atoms with Gasteiger partial charge in [-0.25, -0.2) is 0 Å². The summed E-state index contributed by atoms with van der Waals surface area (Å²) in [5, 5.41) is 3.42. The molecule has 2 nitrogen and oxygen atoms in total. The SMILES string of the molecule is C=CCCCCCNCc1cccc(C)n1. The molecule has 0 aliphatic rings. The van der Waals surface area contributed by atoms with Crippen molar-refractivity contribution in [3.63, 3.8) is 0 Å². The van der Waals surface area contributed by atoms with E-state index in [0.717, 1.165) is 30.9 Å². The van der Waals surface area contributed by atoms with Crippen LogP contribution in [0.25, 0.3) is 0 Å². The zero-order valence-corrected chi connectivity index (χ0v) is 10.2. The van der Waals surface area contributed by atoms with Crippen molar-refractivity contribution in [2.45, 2.75) is 39.2 Å². The lowest BCUT2D eigenvalue weighted by Gasteiger charge is -2.04. The van der Waals surface area contributed by atoms with Crippen LogP contribution >= 0.6 is 0 Å². The van der Waals surface area contributed by atoms with Crippen LogP contribution in [0.5, 0.6) is 0 Å². The van der Waals surface area contributed by atoms with Crippen molar-refractivity contribution in [3.05, 3.63) is 42.2 Å². The Balaban J connectivity index is 2.05. The summed E-state index contributed by atoms with van der Waals surface area (Å²) >= 11 is 0. The van der Waals surface area contributed by atoms with Gasteiger partial charge in [-0.3, -0.25) is 4.98 Å². The summed E-state index contributed by atoms with van der Waals surface area (Å²) in [5.74, 6) is 0. The predicted octanol–water partition coefficient (Wildman–Crippen LogP) is 3.23. The maximum absolute atomic E-state index is 4.44. The average molecular weight is 218 g/mol. The maximum atomic E-state index is 4.44. The zero-order chi connectivity index (χ0) is 11.6. The van der Waals surface area contributed by atoms with E-state index in [1.807, 2.05) is 19.1 Å². The van der Waals surface area contributed by atoms with Crippen LogP contribution in [0.2, 0.25) is 0 Å². The summed E-state index contributed by atoms with van der Waals surface area (Å²) in [6, 6.07) is 6.15. The normalized spacial score (nSPS) is 10.3. The molecule has 0 aromatic carbocycles. The molecular weight excluding hydrogens is 196 g/mol. The molecule has 0 saturated carbocycles. The van der Waals surface area contributed by atoms with Gasteiger partial charge >= 0.3 is 0 Å². The number of unbranched alkanes of at least 4 members (excludes halogenated alkanes) is 3. The molecule has 1 heterocycles. The van der Waals surface area contributed by atoms with E-state index >= 15 is 0 Å². The lowest BCUT2D eigenvalue weighted by molar-refractivity contribution is 0.600. The number of nitrogens with zero attached hydrogens (tertiary/aromatic N) is 1. The summed E-state index contributed by atoms with van der Waals surface area (Å²) in [7, 11) is 0. The van der Waals surface area contributed by atoms with Crippen molar-refractivity contribution < 1.29 is 0 Å². The van der Waals surface area contributed by atoms with Gasteiger partial charge in [-0.1, -0.05) is 18.6 Å². The monoisotopic (exact) mass is 218 g/mol. The Morgan fingerprint density at radius 2 is 2.19 bits per heavy atom. The molecule has 0 radical (unpaired) electrons. The number of hydrogen-bond acceptors (Lipinski definition) is 2. The largest absolute Gasteiger partial charge is 0.311 e. The first kappa shape index (κ1) is 12.9. The standard InChI is InChI=1S/C14H22N2/c1-3-4-5-6-7-11-15-12-14-10-8-9-13(2)16-14/h3,8-10,15H,1,4-7,11-12H2,2H3. The Morgan fingerprint density at radius 3 is 2.94 bits per heavy atom. The van der Waals surface area contributed by atoms with E-state index in [2.05, 4.69) is 29.0 Å². The highest BCUT2D eigenvalue weighted by Crippen LogP contribution is 2.00. The average Bonchev–Trinajstić information content (AvgIpc) is 2.28. The Bertz CT molecular complexity index is 307. The molecule has 88 valence electrons. The fourth-order valence-electron chi connectivity index (χ4n) is 1.63. The summed E-state index contributed by atoms with van der Waals surface area (Å²) in [4.78, 5) is 4.44. The maximum Gasteiger partial charge on any atom is 0.0544 e. The second-order valence-corrected chi connectivity index (χ2v) is 4.09. The second kappa shape index (κ2) is 8.05. The minimum Gasteiger partial charge on any atom is -0.311 e. The predicted molar refractivity (Wildman–Crippen MR) is 69.3 cm³/mol. The second-order valence-electron chi connectivity index (χ2n) is 4.09. The van der Waals surface area contributed by atoms with E-state index in [-0.39, 0.29) is 0 Å². The topological polar surface area (TPSA) is 24.9 Å². The van der Waals surface area contributed by atoms with E-state index in [1.165, 1.54) is 19.3 Å². The van der Waals surface area contributed by atoms with Gasteiger partial charge in [0.05, 0.1) is 5.69 Å². The van der Waals surface area contributed by atoms with Gasteiger partial charge in [-0.05, 0) is 44.9 Å². The van der Waals surface area contributed by atoms with Gasteiger partial charge in [0.25, 0.3) is 0 Å². The van der Waals surface area contributed by atoms with Gasteiger partial charge in [-0.2, -0.15) is 0 Å². The van der Waals surface area contributed by atoms with Crippen molar-refractivity contribution in [1.29, 1.82) is 0 Å². The molecule has 0 spiro atoms. The highest BCUT2D eigenvalue weighted by molar-refractivity contribution is 5.09. The van der Waals surface area contributed by atoms with Gasteiger partial charge in [0.1, 0.15) is 0 Å². The first-order valence-corrected chi connectivity index (χ1v) is 6.07. The van der Waals surface area contributed by atoms with Crippen molar-refractivity contribution in [1.82, 2.24) is 10.3 Å². The summed E-state index contributed by atoms with van der Waals surface area (Å²) < 4.78 is 0. The lowest BCUT2D eigenvalue weighted by Crippen LogP contribution is -2.15. The zero-order valence-electron chi connectivity index (χ0n) is 10.2. The van der Waals surface area contributed by atoms with Crippen LogP contribution in [-0.2, 0) is 6.54 Å². The van der Waals surface area contributed by atoms with Crippen LogP contribution in [0.1, 0.15) is 37.1 Å². The molecule has 16 heavy (non-hydrogen) atoms. The van der Waals surface area contributed by atoms with Crippen LogP contribution in [0.4, 0.5) is 0 Å². The molecule has 0 saturated heterocycles. The van der Waals surface area contributed by atoms with Gasteiger partial charge < -0.3 is 5.32 Å². The molecule has 1 aromatic rings. The molecule has 0 atom stereocenters.